The number of amides is 1. The highest BCUT2D eigenvalue weighted by molar-refractivity contribution is 5.75. The summed E-state index contributed by atoms with van der Waals surface area (Å²) >= 11 is 0. The molecule has 2 atom stereocenters. The molecule has 0 spiro atoms. The summed E-state index contributed by atoms with van der Waals surface area (Å²) in [4.78, 5) is 11.5. The van der Waals surface area contributed by atoms with Crippen LogP contribution in [0.2, 0.25) is 0 Å². The highest BCUT2D eigenvalue weighted by atomic mass is 16.1. The van der Waals surface area contributed by atoms with E-state index in [1.54, 1.807) is 0 Å². The summed E-state index contributed by atoms with van der Waals surface area (Å²) in [5, 5.41) is 6.49. The first-order valence-corrected chi connectivity index (χ1v) is 8.13. The topological polar surface area (TPSA) is 41.1 Å². The maximum atomic E-state index is 11.5. The van der Waals surface area contributed by atoms with Crippen molar-refractivity contribution in [3.63, 3.8) is 0 Å². The van der Waals surface area contributed by atoms with Gasteiger partial charge in [-0.25, -0.2) is 0 Å². The molecule has 19 heavy (non-hydrogen) atoms. The van der Waals surface area contributed by atoms with Gasteiger partial charge in [-0.05, 0) is 37.5 Å². The Kier molecular flexibility index (Phi) is 8.11. The van der Waals surface area contributed by atoms with Gasteiger partial charge in [-0.15, -0.1) is 0 Å². The van der Waals surface area contributed by atoms with Gasteiger partial charge in [-0.1, -0.05) is 33.6 Å². The van der Waals surface area contributed by atoms with Crippen molar-refractivity contribution in [1.82, 2.24) is 10.6 Å². The lowest BCUT2D eigenvalue weighted by Gasteiger charge is -2.19. The quantitative estimate of drug-likeness (QED) is 0.697. The van der Waals surface area contributed by atoms with Crippen molar-refractivity contribution in [1.29, 1.82) is 0 Å². The van der Waals surface area contributed by atoms with Gasteiger partial charge in [-0.2, -0.15) is 0 Å². The smallest absolute Gasteiger partial charge is 0.221 e. The Balaban J connectivity index is 2.14. The lowest BCUT2D eigenvalue weighted by Crippen LogP contribution is -2.33. The summed E-state index contributed by atoms with van der Waals surface area (Å²) < 4.78 is 0. The molecule has 0 aliphatic heterocycles. The van der Waals surface area contributed by atoms with E-state index in [2.05, 4.69) is 31.4 Å². The van der Waals surface area contributed by atoms with Crippen molar-refractivity contribution in [3.05, 3.63) is 0 Å². The van der Waals surface area contributed by atoms with Crippen LogP contribution in [0.1, 0.15) is 65.7 Å². The Morgan fingerprint density at radius 3 is 2.63 bits per heavy atom. The lowest BCUT2D eigenvalue weighted by molar-refractivity contribution is -0.121. The van der Waals surface area contributed by atoms with E-state index >= 15 is 0 Å². The highest BCUT2D eigenvalue weighted by Crippen LogP contribution is 2.28. The molecule has 3 heteroatoms. The van der Waals surface area contributed by atoms with Crippen LogP contribution in [-0.2, 0) is 4.79 Å². The summed E-state index contributed by atoms with van der Waals surface area (Å²) in [5.41, 5.74) is 0. The normalized spacial score (nSPS) is 24.2. The molecule has 1 fully saturated rings. The predicted molar refractivity (Wildman–Crippen MR) is 81.1 cm³/mol. The zero-order valence-electron chi connectivity index (χ0n) is 13.0. The summed E-state index contributed by atoms with van der Waals surface area (Å²) in [6.45, 7) is 8.40. The van der Waals surface area contributed by atoms with Crippen molar-refractivity contribution < 1.29 is 4.79 Å². The molecule has 2 N–H and O–H groups in total. The third-order valence-corrected chi connectivity index (χ3v) is 4.31. The van der Waals surface area contributed by atoms with Gasteiger partial charge < -0.3 is 10.6 Å². The van der Waals surface area contributed by atoms with Crippen LogP contribution in [0.15, 0.2) is 0 Å². The van der Waals surface area contributed by atoms with Gasteiger partial charge in [0.1, 0.15) is 0 Å². The zero-order chi connectivity index (χ0) is 14.1. The van der Waals surface area contributed by atoms with Crippen LogP contribution in [0.25, 0.3) is 0 Å². The van der Waals surface area contributed by atoms with Crippen LogP contribution in [0.5, 0.6) is 0 Å². The van der Waals surface area contributed by atoms with Gasteiger partial charge in [0.15, 0.2) is 0 Å². The molecule has 1 rings (SSSR count). The maximum absolute atomic E-state index is 11.5. The molecule has 0 aromatic rings. The zero-order valence-corrected chi connectivity index (χ0v) is 13.0. The van der Waals surface area contributed by atoms with Gasteiger partial charge in [0.2, 0.25) is 5.91 Å². The molecule has 1 saturated carbocycles. The molecule has 0 aromatic carbocycles. The number of carbonyl (C=O) groups is 1. The minimum Gasteiger partial charge on any atom is -0.356 e. The van der Waals surface area contributed by atoms with Crippen LogP contribution < -0.4 is 10.6 Å². The minimum atomic E-state index is 0.183. The first-order chi connectivity index (χ1) is 9.13. The van der Waals surface area contributed by atoms with E-state index in [-0.39, 0.29) is 5.91 Å². The first kappa shape index (κ1) is 16.5. The van der Waals surface area contributed by atoms with E-state index in [4.69, 9.17) is 0 Å². The second kappa shape index (κ2) is 9.35. The second-order valence-electron chi connectivity index (χ2n) is 6.26. The van der Waals surface area contributed by atoms with E-state index < -0.39 is 0 Å². The van der Waals surface area contributed by atoms with E-state index in [9.17, 15) is 4.79 Å². The number of nitrogens with one attached hydrogen (secondary N) is 2. The molecule has 1 aliphatic rings. The Hall–Kier alpha value is -0.570. The van der Waals surface area contributed by atoms with Crippen molar-refractivity contribution in [2.75, 3.05) is 13.1 Å². The number of rotatable bonds is 7. The molecule has 0 radical (unpaired) electrons. The molecule has 0 saturated heterocycles. The molecule has 2 unspecified atom stereocenters. The van der Waals surface area contributed by atoms with E-state index in [1.165, 1.54) is 32.1 Å². The minimum absolute atomic E-state index is 0.183. The number of hydrogen-bond donors (Lipinski definition) is 2. The average Bonchev–Trinajstić information content (AvgIpc) is 2.62. The van der Waals surface area contributed by atoms with Crippen LogP contribution in [0.3, 0.4) is 0 Å². The summed E-state index contributed by atoms with van der Waals surface area (Å²) in [5.74, 6) is 1.90. The van der Waals surface area contributed by atoms with Gasteiger partial charge >= 0.3 is 0 Å². The predicted octanol–water partition coefficient (Wildman–Crippen LogP) is 3.10. The largest absolute Gasteiger partial charge is 0.356 e. The standard InChI is InChI=1S/C16H32N2O/c1-4-11-18-16(19)10-12-17-15-7-5-6-14(8-9-15)13(2)3/h13-15,17H,4-12H2,1-3H3,(H,18,19). The maximum Gasteiger partial charge on any atom is 0.221 e. The lowest BCUT2D eigenvalue weighted by atomic mass is 9.89. The molecular formula is C16H32N2O. The van der Waals surface area contributed by atoms with E-state index in [1.807, 2.05) is 0 Å². The molecule has 0 bridgehead atoms. The fourth-order valence-electron chi connectivity index (χ4n) is 2.94. The van der Waals surface area contributed by atoms with E-state index in [0.717, 1.165) is 31.3 Å². The third kappa shape index (κ3) is 6.95. The molecule has 3 nitrogen and oxygen atoms in total. The monoisotopic (exact) mass is 268 g/mol. The van der Waals surface area contributed by atoms with Crippen LogP contribution in [0, 0.1) is 11.8 Å². The summed E-state index contributed by atoms with van der Waals surface area (Å²) in [6.07, 6.45) is 8.24. The SMILES string of the molecule is CCCNC(=O)CCNC1CCCC(C(C)C)CC1. The molecule has 0 aromatic heterocycles. The molecular weight excluding hydrogens is 236 g/mol. The molecule has 1 amide bonds. The second-order valence-corrected chi connectivity index (χ2v) is 6.26. The fourth-order valence-corrected chi connectivity index (χ4v) is 2.94. The van der Waals surface area contributed by atoms with Crippen molar-refractivity contribution in [3.8, 4) is 0 Å². The summed E-state index contributed by atoms with van der Waals surface area (Å²) in [6, 6.07) is 0.628. The Labute approximate surface area is 118 Å². The van der Waals surface area contributed by atoms with E-state index in [0.29, 0.717) is 12.5 Å². The summed E-state index contributed by atoms with van der Waals surface area (Å²) in [7, 11) is 0. The Bertz CT molecular complexity index is 253. The third-order valence-electron chi connectivity index (χ3n) is 4.31. The van der Waals surface area contributed by atoms with Crippen molar-refractivity contribution >= 4 is 5.91 Å². The van der Waals surface area contributed by atoms with Crippen molar-refractivity contribution in [2.45, 2.75) is 71.8 Å². The van der Waals surface area contributed by atoms with Gasteiger partial charge in [0.05, 0.1) is 0 Å². The number of carbonyl (C=O) groups excluding carboxylic acids is 1. The van der Waals surface area contributed by atoms with Gasteiger partial charge in [-0.3, -0.25) is 4.79 Å². The number of hydrogen-bond acceptors (Lipinski definition) is 2. The molecule has 0 heterocycles. The molecule has 1 aliphatic carbocycles. The Morgan fingerprint density at radius 2 is 1.95 bits per heavy atom. The van der Waals surface area contributed by atoms with Crippen LogP contribution in [0.4, 0.5) is 0 Å². The van der Waals surface area contributed by atoms with Crippen LogP contribution >= 0.6 is 0 Å². The highest BCUT2D eigenvalue weighted by Gasteiger charge is 2.20. The van der Waals surface area contributed by atoms with Gasteiger partial charge in [0, 0.05) is 25.6 Å². The van der Waals surface area contributed by atoms with Crippen molar-refractivity contribution in [2.24, 2.45) is 11.8 Å². The van der Waals surface area contributed by atoms with Crippen LogP contribution in [-0.4, -0.2) is 25.0 Å². The fraction of sp³-hybridized carbons (Fsp3) is 0.938. The van der Waals surface area contributed by atoms with Gasteiger partial charge in [0.25, 0.3) is 0 Å². The first-order valence-electron chi connectivity index (χ1n) is 8.13. The Morgan fingerprint density at radius 1 is 1.16 bits per heavy atom. The average molecular weight is 268 g/mol. The molecule has 112 valence electrons.